The molecule has 2 bridgehead atoms. The number of nitrogens with one attached hydrogen (secondary N) is 1. The average Bonchev–Trinajstić information content (AvgIpc) is 2.60. The Morgan fingerprint density at radius 2 is 1.91 bits per heavy atom. The fourth-order valence-electron chi connectivity index (χ4n) is 2.34. The van der Waals surface area contributed by atoms with Gasteiger partial charge < -0.3 is 29.1 Å². The van der Waals surface area contributed by atoms with Crippen LogP contribution in [0.15, 0.2) is 30.3 Å². The minimum absolute atomic E-state index is 0.107. The Kier molecular flexibility index (Phi) is 4.37. The van der Waals surface area contributed by atoms with E-state index in [1.165, 1.54) is 0 Å². The van der Waals surface area contributed by atoms with E-state index in [9.17, 15) is 9.59 Å². The van der Waals surface area contributed by atoms with Crippen LogP contribution < -0.4 is 5.32 Å². The number of amides is 1. The van der Waals surface area contributed by atoms with Crippen molar-refractivity contribution in [3.05, 3.63) is 35.9 Å². The van der Waals surface area contributed by atoms with Gasteiger partial charge in [0.25, 0.3) is 0 Å². The number of rotatable bonds is 5. The predicted molar refractivity (Wildman–Crippen MR) is 73.7 cm³/mol. The lowest BCUT2D eigenvalue weighted by molar-refractivity contribution is -0.451. The van der Waals surface area contributed by atoms with Crippen LogP contribution in [-0.2, 0) is 30.3 Å². The summed E-state index contributed by atoms with van der Waals surface area (Å²) in [5.41, 5.74) is 0.848. The standard InChI is InChI=1S/C15H17NO6/c17-6-13(15-20-8-12(9-21-15)10-22-15)16-14(18)19-7-11-4-2-1-3-5-11/h1-6,12-13H,7-10H2,(H,16,18)/t12?,13-,15?/m0/s1. The third-order valence-electron chi connectivity index (χ3n) is 3.56. The molecule has 0 unspecified atom stereocenters. The monoisotopic (exact) mass is 307 g/mol. The maximum Gasteiger partial charge on any atom is 0.408 e. The molecule has 7 nitrogen and oxygen atoms in total. The number of ether oxygens (including phenoxy) is 4. The number of carbonyl (C=O) groups excluding carboxylic acids is 2. The quantitative estimate of drug-likeness (QED) is 0.811. The maximum atomic E-state index is 11.8. The molecule has 0 aliphatic carbocycles. The first-order valence-electron chi connectivity index (χ1n) is 7.06. The highest BCUT2D eigenvalue weighted by Gasteiger charge is 2.51. The van der Waals surface area contributed by atoms with Crippen LogP contribution in [-0.4, -0.2) is 44.2 Å². The van der Waals surface area contributed by atoms with Crippen molar-refractivity contribution in [1.82, 2.24) is 5.32 Å². The largest absolute Gasteiger partial charge is 0.445 e. The van der Waals surface area contributed by atoms with E-state index in [1.807, 2.05) is 30.3 Å². The van der Waals surface area contributed by atoms with Crippen LogP contribution in [0.4, 0.5) is 4.79 Å². The molecule has 3 aliphatic heterocycles. The van der Waals surface area contributed by atoms with Crippen molar-refractivity contribution < 1.29 is 28.5 Å². The Balaban J connectivity index is 1.56. The number of benzene rings is 1. The van der Waals surface area contributed by atoms with Crippen molar-refractivity contribution in [3.63, 3.8) is 0 Å². The zero-order chi connectivity index (χ0) is 15.4. The molecule has 3 aliphatic rings. The molecule has 3 heterocycles. The van der Waals surface area contributed by atoms with Gasteiger partial charge in [-0.3, -0.25) is 0 Å². The third-order valence-corrected chi connectivity index (χ3v) is 3.56. The smallest absolute Gasteiger partial charge is 0.408 e. The summed E-state index contributed by atoms with van der Waals surface area (Å²) in [4.78, 5) is 23.1. The van der Waals surface area contributed by atoms with Crippen molar-refractivity contribution in [1.29, 1.82) is 0 Å². The summed E-state index contributed by atoms with van der Waals surface area (Å²) in [5, 5.41) is 2.42. The summed E-state index contributed by atoms with van der Waals surface area (Å²) in [6.07, 6.45) is -0.214. The Morgan fingerprint density at radius 1 is 1.27 bits per heavy atom. The van der Waals surface area contributed by atoms with Crippen LogP contribution in [0.1, 0.15) is 5.56 Å². The van der Waals surface area contributed by atoms with Gasteiger partial charge in [-0.1, -0.05) is 30.3 Å². The average molecular weight is 307 g/mol. The van der Waals surface area contributed by atoms with Crippen LogP contribution in [0.2, 0.25) is 0 Å². The summed E-state index contributed by atoms with van der Waals surface area (Å²) >= 11 is 0. The van der Waals surface area contributed by atoms with Gasteiger partial charge in [-0.15, -0.1) is 0 Å². The highest BCUT2D eigenvalue weighted by atomic mass is 16.9. The molecule has 4 rings (SSSR count). The number of carbonyl (C=O) groups is 2. The first-order chi connectivity index (χ1) is 10.7. The molecule has 7 heteroatoms. The Hall–Kier alpha value is -1.96. The molecule has 0 radical (unpaired) electrons. The van der Waals surface area contributed by atoms with Crippen molar-refractivity contribution in [2.45, 2.75) is 18.6 Å². The minimum atomic E-state index is -1.54. The first-order valence-corrected chi connectivity index (χ1v) is 7.06. The Labute approximate surface area is 127 Å². The molecule has 1 atom stereocenters. The van der Waals surface area contributed by atoms with E-state index in [-0.39, 0.29) is 12.5 Å². The highest BCUT2D eigenvalue weighted by Crippen LogP contribution is 2.32. The van der Waals surface area contributed by atoms with Gasteiger partial charge in [-0.05, 0) is 5.56 Å². The van der Waals surface area contributed by atoms with Gasteiger partial charge in [0.1, 0.15) is 6.61 Å². The summed E-state index contributed by atoms with van der Waals surface area (Å²) < 4.78 is 21.4. The predicted octanol–water partition coefficient (Wildman–Crippen LogP) is 0.827. The zero-order valence-electron chi connectivity index (χ0n) is 11.9. The third kappa shape index (κ3) is 3.11. The van der Waals surface area contributed by atoms with E-state index in [2.05, 4.69) is 5.32 Å². The number of hydrogen-bond acceptors (Lipinski definition) is 6. The summed E-state index contributed by atoms with van der Waals surface area (Å²) in [6.45, 7) is 1.41. The van der Waals surface area contributed by atoms with Crippen molar-refractivity contribution in [3.8, 4) is 0 Å². The molecule has 1 aromatic rings. The second kappa shape index (κ2) is 6.43. The van der Waals surface area contributed by atoms with Crippen molar-refractivity contribution >= 4 is 12.4 Å². The second-order valence-electron chi connectivity index (χ2n) is 5.22. The summed E-state index contributed by atoms with van der Waals surface area (Å²) in [6, 6.07) is 8.15. The lowest BCUT2D eigenvalue weighted by atomic mass is 10.1. The van der Waals surface area contributed by atoms with E-state index in [0.717, 1.165) is 5.56 Å². The number of hydrogen-bond donors (Lipinski definition) is 1. The molecule has 22 heavy (non-hydrogen) atoms. The van der Waals surface area contributed by atoms with E-state index in [0.29, 0.717) is 26.1 Å². The molecular weight excluding hydrogens is 290 g/mol. The Bertz CT molecular complexity index is 512. The lowest BCUT2D eigenvalue weighted by Crippen LogP contribution is -2.65. The van der Waals surface area contributed by atoms with Crippen LogP contribution >= 0.6 is 0 Å². The lowest BCUT2D eigenvalue weighted by Gasteiger charge is -2.47. The highest BCUT2D eigenvalue weighted by molar-refractivity contribution is 5.73. The SMILES string of the molecule is O=C[C@H](NC(=O)OCc1ccccc1)C12OCC(CO1)CO2. The molecule has 118 valence electrons. The molecule has 0 saturated carbocycles. The van der Waals surface area contributed by atoms with Crippen LogP contribution in [0.5, 0.6) is 0 Å². The second-order valence-corrected chi connectivity index (χ2v) is 5.22. The molecular formula is C15H17NO6. The summed E-state index contributed by atoms with van der Waals surface area (Å²) in [5.74, 6) is -1.37. The topological polar surface area (TPSA) is 83.1 Å². The van der Waals surface area contributed by atoms with Gasteiger partial charge in [-0.25, -0.2) is 4.79 Å². The fourth-order valence-corrected chi connectivity index (χ4v) is 2.34. The van der Waals surface area contributed by atoms with E-state index >= 15 is 0 Å². The van der Waals surface area contributed by atoms with E-state index in [4.69, 9.17) is 18.9 Å². The number of fused-ring (bicyclic) bond motifs is 3. The molecule has 3 fully saturated rings. The van der Waals surface area contributed by atoms with E-state index < -0.39 is 18.1 Å². The van der Waals surface area contributed by atoms with Gasteiger partial charge in [0.2, 0.25) is 0 Å². The van der Waals surface area contributed by atoms with Crippen LogP contribution in [0.25, 0.3) is 0 Å². The zero-order valence-corrected chi connectivity index (χ0v) is 11.9. The van der Waals surface area contributed by atoms with E-state index in [1.54, 1.807) is 0 Å². The van der Waals surface area contributed by atoms with Gasteiger partial charge in [0.15, 0.2) is 12.3 Å². The first kappa shape index (κ1) is 15.0. The van der Waals surface area contributed by atoms with Crippen molar-refractivity contribution in [2.24, 2.45) is 5.92 Å². The van der Waals surface area contributed by atoms with Crippen LogP contribution in [0.3, 0.4) is 0 Å². The number of alkyl carbamates (subject to hydrolysis) is 1. The molecule has 1 amide bonds. The normalized spacial score (nSPS) is 27.9. The van der Waals surface area contributed by atoms with Gasteiger partial charge in [0.05, 0.1) is 19.8 Å². The molecule has 3 saturated heterocycles. The minimum Gasteiger partial charge on any atom is -0.445 e. The van der Waals surface area contributed by atoms with Gasteiger partial charge in [-0.2, -0.15) is 0 Å². The van der Waals surface area contributed by atoms with Gasteiger partial charge in [0, 0.05) is 5.92 Å². The molecule has 0 spiro atoms. The molecule has 0 aromatic heterocycles. The molecule has 1 N–H and O–H groups in total. The maximum absolute atomic E-state index is 11.8. The van der Waals surface area contributed by atoms with Gasteiger partial charge >= 0.3 is 12.1 Å². The van der Waals surface area contributed by atoms with Crippen LogP contribution in [0, 0.1) is 5.92 Å². The van der Waals surface area contributed by atoms with Crippen molar-refractivity contribution in [2.75, 3.05) is 19.8 Å². The fraction of sp³-hybridized carbons (Fsp3) is 0.467. The number of aldehydes is 1. The Morgan fingerprint density at radius 3 is 2.50 bits per heavy atom. The molecule has 1 aromatic carbocycles. The summed E-state index contributed by atoms with van der Waals surface area (Å²) in [7, 11) is 0.